The van der Waals surface area contributed by atoms with Gasteiger partial charge in [0.05, 0.1) is 30.2 Å². The van der Waals surface area contributed by atoms with E-state index in [9.17, 15) is 12.8 Å². The number of rotatable bonds is 6. The third-order valence-electron chi connectivity index (χ3n) is 7.54. The van der Waals surface area contributed by atoms with E-state index < -0.39 is 10.0 Å². The molecule has 2 fully saturated rings. The van der Waals surface area contributed by atoms with Gasteiger partial charge in [-0.15, -0.1) is 5.10 Å². The monoisotopic (exact) mass is 539 g/mol. The Morgan fingerprint density at radius 2 is 1.92 bits per heavy atom. The first kappa shape index (κ1) is 25.1. The zero-order valence-electron chi connectivity index (χ0n) is 21.4. The smallest absolute Gasteiger partial charge is 0.264 e. The summed E-state index contributed by atoms with van der Waals surface area (Å²) in [5, 5.41) is 13.5. The molecule has 10 nitrogen and oxygen atoms in total. The van der Waals surface area contributed by atoms with Gasteiger partial charge in [0.25, 0.3) is 10.0 Å². The van der Waals surface area contributed by atoms with Crippen LogP contribution in [0.5, 0.6) is 0 Å². The lowest BCUT2D eigenvalue weighted by atomic mass is 9.95. The van der Waals surface area contributed by atoms with Crippen LogP contribution >= 0.6 is 0 Å². The lowest BCUT2D eigenvalue weighted by Gasteiger charge is -2.42. The first-order chi connectivity index (χ1) is 18.3. The van der Waals surface area contributed by atoms with Crippen LogP contribution < -0.4 is 0 Å². The standard InChI is InChI=1S/C26H30FN7O3S/c1-18-11-24-20(13-29-34(24)22-5-3-21(27)4-6-22)12-23(18)25-16-33(38(35,36)26-14-28-31(2)30-26)9-8-32(25)15-19-7-10-37-17-19/h3-6,11-14,19,25H,7-10,15-17H2,1-2H3/t19?,25-/m1/s1. The number of aromatic nitrogens is 5. The summed E-state index contributed by atoms with van der Waals surface area (Å²) >= 11 is 0. The minimum Gasteiger partial charge on any atom is -0.381 e. The third kappa shape index (κ3) is 4.62. The molecular formula is C26H30FN7O3S. The number of piperazine rings is 1. The second-order valence-electron chi connectivity index (χ2n) is 10.1. The minimum absolute atomic E-state index is 0.0378. The number of nitrogens with zero attached hydrogens (tertiary/aromatic N) is 7. The van der Waals surface area contributed by atoms with E-state index in [1.54, 1.807) is 30.1 Å². The average molecular weight is 540 g/mol. The van der Waals surface area contributed by atoms with E-state index in [1.165, 1.54) is 27.4 Å². The predicted octanol–water partition coefficient (Wildman–Crippen LogP) is 2.69. The van der Waals surface area contributed by atoms with E-state index in [0.29, 0.717) is 25.6 Å². The molecule has 0 radical (unpaired) electrons. The van der Waals surface area contributed by atoms with Gasteiger partial charge in [-0.1, -0.05) is 0 Å². The first-order valence-corrected chi connectivity index (χ1v) is 14.2. The number of benzene rings is 2. The maximum absolute atomic E-state index is 13.5. The Bertz CT molecular complexity index is 1560. The largest absolute Gasteiger partial charge is 0.381 e. The van der Waals surface area contributed by atoms with Crippen molar-refractivity contribution in [2.24, 2.45) is 13.0 Å². The molecule has 200 valence electrons. The molecule has 2 aliphatic rings. The Balaban J connectivity index is 1.37. The van der Waals surface area contributed by atoms with Crippen molar-refractivity contribution in [3.63, 3.8) is 0 Å². The second kappa shape index (κ2) is 9.84. The van der Waals surface area contributed by atoms with Crippen molar-refractivity contribution in [3.8, 4) is 5.69 Å². The fourth-order valence-electron chi connectivity index (χ4n) is 5.51. The fourth-order valence-corrected chi connectivity index (χ4v) is 6.83. The molecule has 2 aromatic heterocycles. The van der Waals surface area contributed by atoms with E-state index in [1.807, 2.05) is 6.92 Å². The predicted molar refractivity (Wildman–Crippen MR) is 139 cm³/mol. The molecule has 6 rings (SSSR count). The van der Waals surface area contributed by atoms with Crippen LogP contribution in [-0.4, -0.2) is 81.8 Å². The van der Waals surface area contributed by atoms with Crippen LogP contribution in [0.15, 0.2) is 53.8 Å². The average Bonchev–Trinajstić information content (AvgIpc) is 3.66. The molecule has 2 aromatic carbocycles. The lowest BCUT2D eigenvalue weighted by molar-refractivity contribution is 0.0928. The molecule has 0 aliphatic carbocycles. The number of sulfonamides is 1. The van der Waals surface area contributed by atoms with E-state index in [0.717, 1.165) is 53.9 Å². The van der Waals surface area contributed by atoms with E-state index in [-0.39, 0.29) is 16.9 Å². The van der Waals surface area contributed by atoms with Gasteiger partial charge in [-0.2, -0.15) is 19.3 Å². The first-order valence-electron chi connectivity index (χ1n) is 12.7. The summed E-state index contributed by atoms with van der Waals surface area (Å²) in [7, 11) is -2.18. The van der Waals surface area contributed by atoms with Gasteiger partial charge in [0.1, 0.15) is 5.82 Å². The highest BCUT2D eigenvalue weighted by Gasteiger charge is 2.38. The Hall–Kier alpha value is -3.19. The number of ether oxygens (including phenoxy) is 1. The van der Waals surface area contributed by atoms with Crippen molar-refractivity contribution in [1.82, 2.24) is 34.0 Å². The van der Waals surface area contributed by atoms with Crippen molar-refractivity contribution in [3.05, 3.63) is 65.7 Å². The van der Waals surface area contributed by atoms with Gasteiger partial charge in [0, 0.05) is 51.3 Å². The van der Waals surface area contributed by atoms with Gasteiger partial charge < -0.3 is 4.74 Å². The normalized spacial score (nSPS) is 21.4. The molecule has 1 unspecified atom stereocenters. The number of fused-ring (bicyclic) bond motifs is 1. The number of aryl methyl sites for hydroxylation is 2. The van der Waals surface area contributed by atoms with Crippen molar-refractivity contribution in [2.45, 2.75) is 24.4 Å². The lowest BCUT2D eigenvalue weighted by Crippen LogP contribution is -2.51. The summed E-state index contributed by atoms with van der Waals surface area (Å²) in [6, 6.07) is 10.3. The Kier molecular flexibility index (Phi) is 6.50. The molecule has 4 aromatic rings. The highest BCUT2D eigenvalue weighted by atomic mass is 32.2. The van der Waals surface area contributed by atoms with E-state index in [4.69, 9.17) is 4.74 Å². The summed E-state index contributed by atoms with van der Waals surface area (Å²) in [4.78, 5) is 3.65. The third-order valence-corrected chi connectivity index (χ3v) is 9.27. The van der Waals surface area contributed by atoms with Gasteiger partial charge >= 0.3 is 0 Å². The zero-order chi connectivity index (χ0) is 26.4. The maximum atomic E-state index is 13.5. The van der Waals surface area contributed by atoms with Gasteiger partial charge in [-0.25, -0.2) is 17.5 Å². The molecule has 0 amide bonds. The Morgan fingerprint density at radius 3 is 2.63 bits per heavy atom. The van der Waals surface area contributed by atoms with Crippen LogP contribution in [0.25, 0.3) is 16.6 Å². The molecule has 0 bridgehead atoms. The Labute approximate surface area is 220 Å². The molecular weight excluding hydrogens is 509 g/mol. The van der Waals surface area contributed by atoms with Crippen LogP contribution in [0, 0.1) is 18.7 Å². The summed E-state index contributed by atoms with van der Waals surface area (Å²) in [5.41, 5.74) is 3.79. The van der Waals surface area contributed by atoms with Crippen LogP contribution in [0.2, 0.25) is 0 Å². The molecule has 2 saturated heterocycles. The molecule has 0 spiro atoms. The van der Waals surface area contributed by atoms with Crippen molar-refractivity contribution >= 4 is 20.9 Å². The van der Waals surface area contributed by atoms with Gasteiger partial charge in [0.2, 0.25) is 5.03 Å². The minimum atomic E-state index is -3.78. The van der Waals surface area contributed by atoms with Crippen molar-refractivity contribution in [2.75, 3.05) is 39.4 Å². The number of hydrogen-bond acceptors (Lipinski definition) is 7. The van der Waals surface area contributed by atoms with E-state index in [2.05, 4.69) is 32.3 Å². The highest BCUT2D eigenvalue weighted by Crippen LogP contribution is 2.34. The molecule has 0 N–H and O–H groups in total. The number of hydrogen-bond donors (Lipinski definition) is 0. The van der Waals surface area contributed by atoms with Crippen LogP contribution in [-0.2, 0) is 21.8 Å². The highest BCUT2D eigenvalue weighted by molar-refractivity contribution is 7.89. The fraction of sp³-hybridized carbons (Fsp3) is 0.423. The van der Waals surface area contributed by atoms with Crippen LogP contribution in [0.3, 0.4) is 0 Å². The summed E-state index contributed by atoms with van der Waals surface area (Å²) in [5.74, 6) is 0.126. The quantitative estimate of drug-likeness (QED) is 0.372. The molecule has 0 saturated carbocycles. The van der Waals surface area contributed by atoms with Gasteiger partial charge in [-0.3, -0.25) is 4.90 Å². The van der Waals surface area contributed by atoms with Gasteiger partial charge in [-0.05, 0) is 66.8 Å². The SMILES string of the molecule is Cc1cc2c(cnn2-c2ccc(F)cc2)cc1[C@H]1CN(S(=O)(=O)c2cnn(C)n2)CCN1CC1CCOC1. The van der Waals surface area contributed by atoms with Crippen molar-refractivity contribution < 1.29 is 17.5 Å². The van der Waals surface area contributed by atoms with Crippen molar-refractivity contribution in [1.29, 1.82) is 0 Å². The topological polar surface area (TPSA) is 98.4 Å². The second-order valence-corrected chi connectivity index (χ2v) is 12.0. The molecule has 2 aliphatic heterocycles. The molecule has 12 heteroatoms. The van der Waals surface area contributed by atoms with E-state index >= 15 is 0 Å². The summed E-state index contributed by atoms with van der Waals surface area (Å²) in [6.45, 7) is 5.68. The maximum Gasteiger partial charge on any atom is 0.264 e. The molecule has 38 heavy (non-hydrogen) atoms. The summed E-state index contributed by atoms with van der Waals surface area (Å²) in [6.07, 6.45) is 4.11. The zero-order valence-corrected chi connectivity index (χ0v) is 22.2. The van der Waals surface area contributed by atoms with Crippen LogP contribution in [0.1, 0.15) is 23.6 Å². The Morgan fingerprint density at radius 1 is 1.11 bits per heavy atom. The van der Waals surface area contributed by atoms with Gasteiger partial charge in [0.15, 0.2) is 0 Å². The summed E-state index contributed by atoms with van der Waals surface area (Å²) < 4.78 is 49.3. The van der Waals surface area contributed by atoms with Crippen LogP contribution in [0.4, 0.5) is 4.39 Å². The molecule has 2 atom stereocenters. The molecule has 4 heterocycles. The number of halogens is 1.